The first kappa shape index (κ1) is 10.6. The van der Waals surface area contributed by atoms with Crippen LogP contribution in [0.25, 0.3) is 0 Å². The van der Waals surface area contributed by atoms with Crippen LogP contribution in [-0.2, 0) is 0 Å². The minimum atomic E-state index is 0.631. The topological polar surface area (TPSA) is 3.24 Å². The molecule has 0 aromatic rings. The van der Waals surface area contributed by atoms with E-state index in [1.165, 1.54) is 19.4 Å². The largest absolute Gasteiger partial charge is 0.296 e. The van der Waals surface area contributed by atoms with Crippen LogP contribution in [0.15, 0.2) is 11.6 Å². The number of piperidine rings is 1. The highest BCUT2D eigenvalue weighted by molar-refractivity contribution is 9.09. The Morgan fingerprint density at radius 3 is 3.08 bits per heavy atom. The van der Waals surface area contributed by atoms with Crippen LogP contribution in [0.2, 0.25) is 0 Å². The van der Waals surface area contributed by atoms with Crippen molar-refractivity contribution in [2.75, 3.05) is 13.1 Å². The van der Waals surface area contributed by atoms with Gasteiger partial charge in [-0.25, -0.2) is 0 Å². The van der Waals surface area contributed by atoms with Crippen LogP contribution >= 0.6 is 27.5 Å². The summed E-state index contributed by atoms with van der Waals surface area (Å²) in [6.07, 6.45) is 4.59. The number of alkyl halides is 1. The van der Waals surface area contributed by atoms with Crippen molar-refractivity contribution in [3.63, 3.8) is 0 Å². The predicted octanol–water partition coefficient (Wildman–Crippen LogP) is 2.99. The molecule has 2 unspecified atom stereocenters. The van der Waals surface area contributed by atoms with Crippen molar-refractivity contribution in [3.05, 3.63) is 11.6 Å². The Bertz CT molecular complexity index is 161. The molecular weight excluding hydrogens is 237 g/mol. The molecule has 0 saturated carbocycles. The molecule has 0 amide bonds. The molecule has 0 bridgehead atoms. The summed E-state index contributed by atoms with van der Waals surface area (Å²) in [5.41, 5.74) is 1.60. The molecule has 1 aliphatic rings. The van der Waals surface area contributed by atoms with E-state index in [1.807, 2.05) is 6.08 Å². The third-order valence-electron chi connectivity index (χ3n) is 2.45. The van der Waals surface area contributed by atoms with Gasteiger partial charge in [-0.15, -0.1) is 0 Å². The maximum Gasteiger partial charge on any atom is 0.0299 e. The summed E-state index contributed by atoms with van der Waals surface area (Å²) in [4.78, 5) is 3.09. The number of rotatable bonds is 2. The molecule has 2 atom stereocenters. The van der Waals surface area contributed by atoms with E-state index in [2.05, 4.69) is 27.8 Å². The molecule has 0 aromatic heterocycles. The molecule has 0 spiro atoms. The second-order valence-corrected chi connectivity index (χ2v) is 4.68. The maximum absolute atomic E-state index is 5.49. The van der Waals surface area contributed by atoms with E-state index in [4.69, 9.17) is 11.6 Å². The van der Waals surface area contributed by atoms with E-state index in [0.29, 0.717) is 10.9 Å². The summed E-state index contributed by atoms with van der Waals surface area (Å²) >= 11 is 9.17. The lowest BCUT2D eigenvalue weighted by Crippen LogP contribution is -2.43. The number of hydrogen-bond donors (Lipinski definition) is 0. The first-order chi connectivity index (χ1) is 5.75. The lowest BCUT2D eigenvalue weighted by Gasteiger charge is -2.36. The summed E-state index contributed by atoms with van der Waals surface area (Å²) in [6, 6.07) is 0.631. The van der Waals surface area contributed by atoms with Gasteiger partial charge >= 0.3 is 0 Å². The standard InChI is InChI=1S/C9H15BrClN/c1-8-9(10)4-2-6-12(8)7-3-5-11/h3,5,8-9H,2,4,6-7H2,1H3/b5-3+. The Labute approximate surface area is 87.9 Å². The maximum atomic E-state index is 5.49. The fourth-order valence-electron chi connectivity index (χ4n) is 1.60. The molecule has 1 fully saturated rings. The van der Waals surface area contributed by atoms with Gasteiger partial charge in [-0.05, 0) is 26.3 Å². The van der Waals surface area contributed by atoms with Crippen LogP contribution < -0.4 is 0 Å². The molecule has 0 aromatic carbocycles. The quantitative estimate of drug-likeness (QED) is 0.683. The Morgan fingerprint density at radius 1 is 1.67 bits per heavy atom. The predicted molar refractivity (Wildman–Crippen MR) is 58.0 cm³/mol. The average molecular weight is 253 g/mol. The van der Waals surface area contributed by atoms with Gasteiger partial charge in [0.1, 0.15) is 0 Å². The third kappa shape index (κ3) is 2.75. The Morgan fingerprint density at radius 2 is 2.42 bits per heavy atom. The van der Waals surface area contributed by atoms with Crippen molar-refractivity contribution < 1.29 is 0 Å². The molecule has 0 N–H and O–H groups in total. The highest BCUT2D eigenvalue weighted by atomic mass is 79.9. The molecule has 1 heterocycles. The summed E-state index contributed by atoms with van der Waals surface area (Å²) in [5.74, 6) is 0. The smallest absolute Gasteiger partial charge is 0.0299 e. The van der Waals surface area contributed by atoms with Gasteiger partial charge < -0.3 is 0 Å². The number of nitrogens with zero attached hydrogens (tertiary/aromatic N) is 1. The molecule has 12 heavy (non-hydrogen) atoms. The molecule has 70 valence electrons. The van der Waals surface area contributed by atoms with Crippen LogP contribution in [-0.4, -0.2) is 28.9 Å². The lowest BCUT2D eigenvalue weighted by molar-refractivity contribution is 0.187. The van der Waals surface area contributed by atoms with E-state index >= 15 is 0 Å². The Kier molecular flexibility index (Phi) is 4.62. The summed E-state index contributed by atoms with van der Waals surface area (Å²) in [7, 11) is 0. The molecule has 3 heteroatoms. The van der Waals surface area contributed by atoms with Crippen LogP contribution in [0, 0.1) is 0 Å². The van der Waals surface area contributed by atoms with Gasteiger partial charge in [-0.1, -0.05) is 33.6 Å². The average Bonchev–Trinajstić information content (AvgIpc) is 2.08. The Hall–Kier alpha value is 0.470. The highest BCUT2D eigenvalue weighted by Gasteiger charge is 2.24. The first-order valence-corrected chi connectivity index (χ1v) is 5.74. The van der Waals surface area contributed by atoms with E-state index in [-0.39, 0.29) is 0 Å². The molecule has 1 rings (SSSR count). The van der Waals surface area contributed by atoms with Crippen molar-refractivity contribution >= 4 is 27.5 Å². The van der Waals surface area contributed by atoms with Gasteiger partial charge in [0.05, 0.1) is 0 Å². The third-order valence-corrected chi connectivity index (χ3v) is 3.85. The summed E-state index contributed by atoms with van der Waals surface area (Å²) in [5, 5.41) is 0. The van der Waals surface area contributed by atoms with E-state index in [1.54, 1.807) is 5.54 Å². The van der Waals surface area contributed by atoms with E-state index < -0.39 is 0 Å². The molecule has 1 aliphatic heterocycles. The monoisotopic (exact) mass is 251 g/mol. The highest BCUT2D eigenvalue weighted by Crippen LogP contribution is 2.23. The van der Waals surface area contributed by atoms with Crippen molar-refractivity contribution in [2.45, 2.75) is 30.6 Å². The number of likely N-dealkylation sites (tertiary alicyclic amines) is 1. The van der Waals surface area contributed by atoms with Gasteiger partial charge in [-0.3, -0.25) is 4.90 Å². The van der Waals surface area contributed by atoms with Crippen molar-refractivity contribution in [3.8, 4) is 0 Å². The second-order valence-electron chi connectivity index (χ2n) is 3.26. The van der Waals surface area contributed by atoms with E-state index in [0.717, 1.165) is 6.54 Å². The zero-order chi connectivity index (χ0) is 8.97. The molecule has 0 radical (unpaired) electrons. The molecule has 0 aliphatic carbocycles. The normalized spacial score (nSPS) is 32.9. The number of halogens is 2. The second kappa shape index (κ2) is 5.25. The molecule has 1 nitrogen and oxygen atoms in total. The first-order valence-electron chi connectivity index (χ1n) is 4.39. The van der Waals surface area contributed by atoms with Gasteiger partial charge in [0.25, 0.3) is 0 Å². The van der Waals surface area contributed by atoms with Crippen LogP contribution in [0.5, 0.6) is 0 Å². The SMILES string of the molecule is CC1C(Br)CCCN1C/C=C/Cl. The van der Waals surface area contributed by atoms with Crippen molar-refractivity contribution in [1.29, 1.82) is 0 Å². The van der Waals surface area contributed by atoms with Gasteiger partial charge in [0.2, 0.25) is 0 Å². The fraction of sp³-hybridized carbons (Fsp3) is 0.778. The molecule has 1 saturated heterocycles. The summed E-state index contributed by atoms with van der Waals surface area (Å²) in [6.45, 7) is 4.44. The zero-order valence-corrected chi connectivity index (χ0v) is 9.68. The summed E-state index contributed by atoms with van der Waals surface area (Å²) < 4.78 is 0. The van der Waals surface area contributed by atoms with Gasteiger partial charge in [0.15, 0.2) is 0 Å². The van der Waals surface area contributed by atoms with Crippen LogP contribution in [0.4, 0.5) is 0 Å². The zero-order valence-electron chi connectivity index (χ0n) is 7.34. The number of hydrogen-bond acceptors (Lipinski definition) is 1. The molecular formula is C9H15BrClN. The van der Waals surface area contributed by atoms with E-state index in [9.17, 15) is 0 Å². The minimum absolute atomic E-state index is 0.631. The fourth-order valence-corrected chi connectivity index (χ4v) is 2.33. The van der Waals surface area contributed by atoms with Gasteiger partial charge in [0, 0.05) is 22.9 Å². The lowest BCUT2D eigenvalue weighted by atomic mass is 10.0. The van der Waals surface area contributed by atoms with Gasteiger partial charge in [-0.2, -0.15) is 0 Å². The Balaban J connectivity index is 2.40. The minimum Gasteiger partial charge on any atom is -0.296 e. The van der Waals surface area contributed by atoms with Crippen molar-refractivity contribution in [1.82, 2.24) is 4.90 Å². The van der Waals surface area contributed by atoms with Crippen molar-refractivity contribution in [2.24, 2.45) is 0 Å². The van der Waals surface area contributed by atoms with Crippen LogP contribution in [0.1, 0.15) is 19.8 Å². The van der Waals surface area contributed by atoms with Crippen LogP contribution in [0.3, 0.4) is 0 Å².